The zero-order valence-corrected chi connectivity index (χ0v) is 18.1. The highest BCUT2D eigenvalue weighted by Gasteiger charge is 2.31. The summed E-state index contributed by atoms with van der Waals surface area (Å²) in [6.07, 6.45) is 0. The largest absolute Gasteiger partial charge is 0.367 e. The molecular formula is C24H25F2N3OS. The van der Waals surface area contributed by atoms with E-state index < -0.39 is 0 Å². The highest BCUT2D eigenvalue weighted by molar-refractivity contribution is 7.10. The van der Waals surface area contributed by atoms with Gasteiger partial charge in [0, 0.05) is 42.7 Å². The van der Waals surface area contributed by atoms with Crippen LogP contribution >= 0.6 is 11.3 Å². The van der Waals surface area contributed by atoms with Crippen LogP contribution in [0.5, 0.6) is 0 Å². The zero-order valence-electron chi connectivity index (χ0n) is 17.3. The van der Waals surface area contributed by atoms with Gasteiger partial charge in [-0.3, -0.25) is 9.69 Å². The van der Waals surface area contributed by atoms with Gasteiger partial charge in [0.2, 0.25) is 0 Å². The topological polar surface area (TPSA) is 35.6 Å². The quantitative estimate of drug-likeness (QED) is 0.602. The molecule has 4 rings (SSSR count). The van der Waals surface area contributed by atoms with E-state index >= 15 is 0 Å². The van der Waals surface area contributed by atoms with Crippen molar-refractivity contribution in [2.45, 2.75) is 19.0 Å². The lowest BCUT2D eigenvalue weighted by molar-refractivity contribution is 0.0890. The van der Waals surface area contributed by atoms with Crippen molar-refractivity contribution < 1.29 is 13.6 Å². The SMILES string of the molecule is C[C@H](NC(=O)c1ccc(F)cc1)[C@H](c1cccs1)N1CCN(c2ccccc2F)CC1. The van der Waals surface area contributed by atoms with Crippen LogP contribution in [0.15, 0.2) is 66.0 Å². The highest BCUT2D eigenvalue weighted by atomic mass is 32.1. The maximum Gasteiger partial charge on any atom is 0.251 e. The molecule has 0 spiro atoms. The van der Waals surface area contributed by atoms with Crippen molar-refractivity contribution in [2.24, 2.45) is 0 Å². The molecule has 0 saturated carbocycles. The van der Waals surface area contributed by atoms with Crippen LogP contribution in [0.4, 0.5) is 14.5 Å². The summed E-state index contributed by atoms with van der Waals surface area (Å²) in [7, 11) is 0. The second kappa shape index (κ2) is 9.58. The molecule has 1 N–H and O–H groups in total. The van der Waals surface area contributed by atoms with E-state index in [1.807, 2.05) is 30.5 Å². The third-order valence-electron chi connectivity index (χ3n) is 5.67. The van der Waals surface area contributed by atoms with Crippen LogP contribution in [0.2, 0.25) is 0 Å². The lowest BCUT2D eigenvalue weighted by Crippen LogP contribution is -2.52. The number of anilines is 1. The number of thiophene rings is 1. The Hall–Kier alpha value is -2.77. The molecule has 0 unspecified atom stereocenters. The van der Waals surface area contributed by atoms with Gasteiger partial charge in [-0.25, -0.2) is 8.78 Å². The second-order valence-corrected chi connectivity index (χ2v) is 8.68. The molecule has 162 valence electrons. The molecule has 2 heterocycles. The molecule has 1 aliphatic rings. The van der Waals surface area contributed by atoms with Crippen LogP contribution in [0.3, 0.4) is 0 Å². The number of nitrogens with zero attached hydrogens (tertiary/aromatic N) is 2. The van der Waals surface area contributed by atoms with Crippen molar-refractivity contribution in [1.29, 1.82) is 0 Å². The summed E-state index contributed by atoms with van der Waals surface area (Å²) in [6.45, 7) is 4.93. The van der Waals surface area contributed by atoms with Crippen LogP contribution in [-0.2, 0) is 0 Å². The number of hydrogen-bond donors (Lipinski definition) is 1. The van der Waals surface area contributed by atoms with Crippen molar-refractivity contribution in [1.82, 2.24) is 10.2 Å². The molecule has 0 bridgehead atoms. The minimum Gasteiger partial charge on any atom is -0.367 e. The van der Waals surface area contributed by atoms with Gasteiger partial charge in [0.05, 0.1) is 11.7 Å². The average Bonchev–Trinajstić information content (AvgIpc) is 3.29. The number of hydrogen-bond acceptors (Lipinski definition) is 4. The highest BCUT2D eigenvalue weighted by Crippen LogP contribution is 2.30. The van der Waals surface area contributed by atoms with Gasteiger partial charge < -0.3 is 10.2 Å². The number of rotatable bonds is 6. The standard InChI is InChI=1S/C24H25F2N3OS/c1-17(27-24(30)18-8-10-19(25)11-9-18)23(22-7-4-16-31-22)29-14-12-28(13-15-29)21-6-3-2-5-20(21)26/h2-11,16-17,23H,12-15H2,1H3,(H,27,30)/t17-,23+/m0/s1. The normalized spacial score (nSPS) is 16.7. The molecule has 3 aromatic rings. The Morgan fingerprint density at radius 2 is 1.68 bits per heavy atom. The zero-order chi connectivity index (χ0) is 21.8. The molecule has 1 aliphatic heterocycles. The molecule has 1 fully saturated rings. The summed E-state index contributed by atoms with van der Waals surface area (Å²) >= 11 is 1.66. The van der Waals surface area contributed by atoms with Crippen LogP contribution in [0.1, 0.15) is 28.2 Å². The van der Waals surface area contributed by atoms with Crippen LogP contribution in [0.25, 0.3) is 0 Å². The van der Waals surface area contributed by atoms with Crippen LogP contribution < -0.4 is 10.2 Å². The lowest BCUT2D eigenvalue weighted by Gasteiger charge is -2.42. The molecule has 1 saturated heterocycles. The molecule has 0 aliphatic carbocycles. The monoisotopic (exact) mass is 441 g/mol. The van der Waals surface area contributed by atoms with E-state index in [1.54, 1.807) is 17.4 Å². The minimum atomic E-state index is -0.367. The molecule has 1 amide bonds. The number of carbonyl (C=O) groups is 1. The minimum absolute atomic E-state index is 0.00664. The van der Waals surface area contributed by atoms with Crippen molar-refractivity contribution in [2.75, 3.05) is 31.1 Å². The fraction of sp³-hybridized carbons (Fsp3) is 0.292. The summed E-state index contributed by atoms with van der Waals surface area (Å²) < 4.78 is 27.4. The Balaban J connectivity index is 1.47. The number of halogens is 2. The molecule has 2 atom stereocenters. The van der Waals surface area contributed by atoms with Gasteiger partial charge in [-0.05, 0) is 54.8 Å². The second-order valence-electron chi connectivity index (χ2n) is 7.70. The molecule has 31 heavy (non-hydrogen) atoms. The van der Waals surface area contributed by atoms with E-state index in [-0.39, 0.29) is 29.6 Å². The maximum atomic E-state index is 14.2. The van der Waals surface area contributed by atoms with Gasteiger partial charge in [-0.2, -0.15) is 0 Å². The molecule has 0 radical (unpaired) electrons. The van der Waals surface area contributed by atoms with E-state index in [9.17, 15) is 13.6 Å². The molecule has 4 nitrogen and oxygen atoms in total. The van der Waals surface area contributed by atoms with Gasteiger partial charge in [0.25, 0.3) is 5.91 Å². The number of nitrogens with one attached hydrogen (secondary N) is 1. The lowest BCUT2D eigenvalue weighted by atomic mass is 10.0. The summed E-state index contributed by atoms with van der Waals surface area (Å²) in [5.74, 6) is -0.793. The fourth-order valence-electron chi connectivity index (χ4n) is 4.12. The number of benzene rings is 2. The van der Waals surface area contributed by atoms with Crippen molar-refractivity contribution in [3.8, 4) is 0 Å². The average molecular weight is 442 g/mol. The van der Waals surface area contributed by atoms with Crippen molar-refractivity contribution >= 4 is 22.9 Å². The Kier molecular flexibility index (Phi) is 6.63. The van der Waals surface area contributed by atoms with Gasteiger partial charge >= 0.3 is 0 Å². The number of carbonyl (C=O) groups excluding carboxylic acids is 1. The molecule has 2 aromatic carbocycles. The first-order chi connectivity index (χ1) is 15.0. The first-order valence-corrected chi connectivity index (χ1v) is 11.2. The van der Waals surface area contributed by atoms with Crippen LogP contribution in [-0.4, -0.2) is 43.0 Å². The smallest absolute Gasteiger partial charge is 0.251 e. The van der Waals surface area contributed by atoms with E-state index in [4.69, 9.17) is 0 Å². The van der Waals surface area contributed by atoms with Gasteiger partial charge in [0.1, 0.15) is 11.6 Å². The first-order valence-electron chi connectivity index (χ1n) is 10.4. The number of piperazine rings is 1. The van der Waals surface area contributed by atoms with E-state index in [0.717, 1.165) is 13.1 Å². The third-order valence-corrected chi connectivity index (χ3v) is 6.62. The summed E-state index contributed by atoms with van der Waals surface area (Å²) in [5.41, 5.74) is 1.06. The molecular weight excluding hydrogens is 416 g/mol. The molecule has 7 heteroatoms. The van der Waals surface area contributed by atoms with Gasteiger partial charge in [-0.15, -0.1) is 11.3 Å². The predicted octanol–water partition coefficient (Wildman–Crippen LogP) is 4.71. The third kappa shape index (κ3) is 4.94. The summed E-state index contributed by atoms with van der Waals surface area (Å²) in [5, 5.41) is 5.12. The van der Waals surface area contributed by atoms with E-state index in [1.165, 1.54) is 35.2 Å². The van der Waals surface area contributed by atoms with Gasteiger partial charge in [-0.1, -0.05) is 18.2 Å². The van der Waals surface area contributed by atoms with E-state index in [0.29, 0.717) is 24.3 Å². The Morgan fingerprint density at radius 1 is 0.968 bits per heavy atom. The summed E-state index contributed by atoms with van der Waals surface area (Å²) in [4.78, 5) is 18.3. The number of amides is 1. The Labute approximate surface area is 185 Å². The predicted molar refractivity (Wildman–Crippen MR) is 121 cm³/mol. The van der Waals surface area contributed by atoms with Crippen molar-refractivity contribution in [3.63, 3.8) is 0 Å². The maximum absolute atomic E-state index is 14.2. The van der Waals surface area contributed by atoms with Crippen LogP contribution in [0, 0.1) is 11.6 Å². The Morgan fingerprint density at radius 3 is 2.32 bits per heavy atom. The van der Waals surface area contributed by atoms with Crippen molar-refractivity contribution in [3.05, 3.63) is 88.1 Å². The fourth-order valence-corrected chi connectivity index (χ4v) is 5.09. The first kappa shape index (κ1) is 21.5. The van der Waals surface area contributed by atoms with Gasteiger partial charge in [0.15, 0.2) is 0 Å². The Bertz CT molecular complexity index is 1000. The summed E-state index contributed by atoms with van der Waals surface area (Å²) in [6, 6.07) is 16.4. The van der Waals surface area contributed by atoms with E-state index in [2.05, 4.69) is 21.2 Å². The molecule has 1 aromatic heterocycles. The number of para-hydroxylation sites is 1.